The van der Waals surface area contributed by atoms with Crippen molar-refractivity contribution in [2.75, 3.05) is 23.3 Å². The molecule has 20 heavy (non-hydrogen) atoms. The van der Waals surface area contributed by atoms with E-state index >= 15 is 0 Å². The van der Waals surface area contributed by atoms with Crippen LogP contribution in [0.25, 0.3) is 0 Å². The van der Waals surface area contributed by atoms with Crippen molar-refractivity contribution in [2.45, 2.75) is 26.3 Å². The van der Waals surface area contributed by atoms with Crippen molar-refractivity contribution in [2.24, 2.45) is 0 Å². The van der Waals surface area contributed by atoms with Gasteiger partial charge in [-0.25, -0.2) is 4.98 Å². The number of pyridine rings is 1. The molecule has 1 saturated heterocycles. The van der Waals surface area contributed by atoms with Crippen molar-refractivity contribution < 1.29 is 0 Å². The maximum Gasteiger partial charge on any atom is 0.225 e. The first-order valence-electron chi connectivity index (χ1n) is 7.05. The normalized spacial score (nSPS) is 14.6. The average Bonchev–Trinajstić information content (AvgIpc) is 3.00. The van der Waals surface area contributed by atoms with Crippen molar-refractivity contribution in [3.63, 3.8) is 0 Å². The average molecular weight is 269 g/mol. The van der Waals surface area contributed by atoms with Gasteiger partial charge in [0, 0.05) is 43.8 Å². The third kappa shape index (κ3) is 3.04. The molecule has 104 valence electrons. The number of rotatable bonds is 4. The van der Waals surface area contributed by atoms with Crippen LogP contribution in [-0.2, 0) is 6.54 Å². The van der Waals surface area contributed by atoms with E-state index in [1.807, 2.05) is 19.1 Å². The van der Waals surface area contributed by atoms with Crippen LogP contribution in [0, 0.1) is 6.92 Å². The lowest BCUT2D eigenvalue weighted by molar-refractivity contribution is 0.915. The van der Waals surface area contributed by atoms with Crippen LogP contribution in [0.3, 0.4) is 0 Å². The van der Waals surface area contributed by atoms with E-state index < -0.39 is 0 Å². The molecule has 0 aromatic carbocycles. The fourth-order valence-electron chi connectivity index (χ4n) is 2.42. The fraction of sp³-hybridized carbons (Fsp3) is 0.400. The Hall–Kier alpha value is -2.17. The molecular weight excluding hydrogens is 250 g/mol. The first-order valence-corrected chi connectivity index (χ1v) is 7.05. The Bertz CT molecular complexity index is 564. The lowest BCUT2D eigenvalue weighted by atomic mass is 10.3. The molecule has 1 aliphatic heterocycles. The highest BCUT2D eigenvalue weighted by Crippen LogP contribution is 2.20. The van der Waals surface area contributed by atoms with E-state index in [-0.39, 0.29) is 0 Å². The second-order valence-electron chi connectivity index (χ2n) is 5.09. The maximum absolute atomic E-state index is 4.62. The van der Waals surface area contributed by atoms with Crippen LogP contribution >= 0.6 is 0 Å². The molecule has 0 bridgehead atoms. The van der Waals surface area contributed by atoms with Crippen molar-refractivity contribution in [3.05, 3.63) is 41.9 Å². The lowest BCUT2D eigenvalue weighted by Gasteiger charge is -2.17. The minimum atomic E-state index is 0.698. The molecule has 3 heterocycles. The summed E-state index contributed by atoms with van der Waals surface area (Å²) >= 11 is 0. The quantitative estimate of drug-likeness (QED) is 0.923. The smallest absolute Gasteiger partial charge is 0.225 e. The van der Waals surface area contributed by atoms with E-state index in [0.29, 0.717) is 12.5 Å². The number of aryl methyl sites for hydroxylation is 1. The number of hydrogen-bond donors (Lipinski definition) is 1. The molecule has 3 rings (SSSR count). The Morgan fingerprint density at radius 3 is 2.65 bits per heavy atom. The van der Waals surface area contributed by atoms with Gasteiger partial charge < -0.3 is 10.2 Å². The summed E-state index contributed by atoms with van der Waals surface area (Å²) < 4.78 is 0. The lowest BCUT2D eigenvalue weighted by Crippen LogP contribution is -2.20. The van der Waals surface area contributed by atoms with Crippen molar-refractivity contribution in [1.29, 1.82) is 0 Å². The Morgan fingerprint density at radius 2 is 1.90 bits per heavy atom. The Labute approximate surface area is 119 Å². The number of nitrogens with one attached hydrogen (secondary N) is 1. The van der Waals surface area contributed by atoms with Crippen LogP contribution in [0.5, 0.6) is 0 Å². The molecule has 5 nitrogen and oxygen atoms in total. The van der Waals surface area contributed by atoms with Gasteiger partial charge in [-0.2, -0.15) is 4.98 Å². The molecule has 0 unspecified atom stereocenters. The second kappa shape index (κ2) is 5.86. The van der Waals surface area contributed by atoms with Gasteiger partial charge in [0.05, 0.1) is 0 Å². The molecule has 0 saturated carbocycles. The zero-order valence-electron chi connectivity index (χ0n) is 11.7. The zero-order valence-corrected chi connectivity index (χ0v) is 11.7. The Balaban J connectivity index is 1.72. The summed E-state index contributed by atoms with van der Waals surface area (Å²) in [5.41, 5.74) is 2.17. The largest absolute Gasteiger partial charge is 0.356 e. The molecule has 1 fully saturated rings. The molecule has 0 aliphatic carbocycles. The monoisotopic (exact) mass is 269 g/mol. The molecular formula is C15H19N5. The molecule has 2 aromatic heterocycles. The minimum absolute atomic E-state index is 0.698. The summed E-state index contributed by atoms with van der Waals surface area (Å²) in [6.45, 7) is 4.92. The summed E-state index contributed by atoms with van der Waals surface area (Å²) in [6.07, 6.45) is 6.10. The standard InChI is InChI=1S/C15H19N5/c1-12-10-14(20-8-2-3-9-20)19-15(18-12)17-11-13-4-6-16-7-5-13/h4-7,10H,2-3,8-9,11H2,1H3,(H,17,18,19). The van der Waals surface area contributed by atoms with Crippen molar-refractivity contribution in [3.8, 4) is 0 Å². The summed E-state index contributed by atoms with van der Waals surface area (Å²) in [5, 5.41) is 3.29. The fourth-order valence-corrected chi connectivity index (χ4v) is 2.42. The third-order valence-corrected chi connectivity index (χ3v) is 3.47. The van der Waals surface area contributed by atoms with Gasteiger partial charge in [-0.05, 0) is 37.5 Å². The maximum atomic E-state index is 4.62. The number of anilines is 2. The molecule has 0 atom stereocenters. The van der Waals surface area contributed by atoms with E-state index in [2.05, 4.69) is 31.2 Å². The highest BCUT2D eigenvalue weighted by atomic mass is 15.2. The first-order chi connectivity index (χ1) is 9.81. The van der Waals surface area contributed by atoms with Crippen LogP contribution in [0.1, 0.15) is 24.1 Å². The van der Waals surface area contributed by atoms with Gasteiger partial charge in [0.25, 0.3) is 0 Å². The second-order valence-corrected chi connectivity index (χ2v) is 5.09. The molecule has 2 aromatic rings. The van der Waals surface area contributed by atoms with Crippen LogP contribution in [0.4, 0.5) is 11.8 Å². The highest BCUT2D eigenvalue weighted by Gasteiger charge is 2.14. The van der Waals surface area contributed by atoms with Gasteiger partial charge >= 0.3 is 0 Å². The van der Waals surface area contributed by atoms with Gasteiger partial charge in [0.15, 0.2) is 0 Å². The zero-order chi connectivity index (χ0) is 13.8. The predicted octanol–water partition coefficient (Wildman–Crippen LogP) is 2.39. The highest BCUT2D eigenvalue weighted by molar-refractivity contribution is 5.45. The Morgan fingerprint density at radius 1 is 1.15 bits per heavy atom. The van der Waals surface area contributed by atoms with Crippen LogP contribution in [0.15, 0.2) is 30.6 Å². The van der Waals surface area contributed by atoms with Crippen LogP contribution < -0.4 is 10.2 Å². The molecule has 0 spiro atoms. The van der Waals surface area contributed by atoms with Gasteiger partial charge in [-0.1, -0.05) is 0 Å². The summed E-state index contributed by atoms with van der Waals surface area (Å²) in [6, 6.07) is 6.04. The van der Waals surface area contributed by atoms with Crippen LogP contribution in [-0.4, -0.2) is 28.0 Å². The molecule has 0 radical (unpaired) electrons. The SMILES string of the molecule is Cc1cc(N2CCCC2)nc(NCc2ccncc2)n1. The number of hydrogen-bond acceptors (Lipinski definition) is 5. The van der Waals surface area contributed by atoms with E-state index in [1.54, 1.807) is 12.4 Å². The summed E-state index contributed by atoms with van der Waals surface area (Å²) in [4.78, 5) is 15.4. The molecule has 1 N–H and O–H groups in total. The van der Waals surface area contributed by atoms with Crippen molar-refractivity contribution >= 4 is 11.8 Å². The Kier molecular flexibility index (Phi) is 3.76. The summed E-state index contributed by atoms with van der Waals surface area (Å²) in [7, 11) is 0. The van der Waals surface area contributed by atoms with E-state index in [4.69, 9.17) is 0 Å². The first kappa shape index (κ1) is 12.8. The molecule has 0 amide bonds. The van der Waals surface area contributed by atoms with Gasteiger partial charge in [0.2, 0.25) is 5.95 Å². The van der Waals surface area contributed by atoms with Gasteiger partial charge in [-0.3, -0.25) is 4.98 Å². The van der Waals surface area contributed by atoms with E-state index in [0.717, 1.165) is 24.6 Å². The van der Waals surface area contributed by atoms with Crippen LogP contribution in [0.2, 0.25) is 0 Å². The van der Waals surface area contributed by atoms with E-state index in [1.165, 1.54) is 18.4 Å². The molecule has 5 heteroatoms. The number of aromatic nitrogens is 3. The van der Waals surface area contributed by atoms with Crippen molar-refractivity contribution in [1.82, 2.24) is 15.0 Å². The topological polar surface area (TPSA) is 53.9 Å². The third-order valence-electron chi connectivity index (χ3n) is 3.47. The molecule has 1 aliphatic rings. The van der Waals surface area contributed by atoms with Gasteiger partial charge in [0.1, 0.15) is 5.82 Å². The summed E-state index contributed by atoms with van der Waals surface area (Å²) in [5.74, 6) is 1.73. The van der Waals surface area contributed by atoms with Gasteiger partial charge in [-0.15, -0.1) is 0 Å². The number of nitrogens with zero attached hydrogens (tertiary/aromatic N) is 4. The predicted molar refractivity (Wildman–Crippen MR) is 79.8 cm³/mol. The minimum Gasteiger partial charge on any atom is -0.356 e. The van der Waals surface area contributed by atoms with E-state index in [9.17, 15) is 0 Å².